The average molecular weight is 497 g/mol. The number of methoxy groups -OCH3 is 2. The van der Waals surface area contributed by atoms with E-state index in [1.165, 1.54) is 5.01 Å². The second-order valence-electron chi connectivity index (χ2n) is 9.06. The fourth-order valence-electron chi connectivity index (χ4n) is 5.17. The van der Waals surface area contributed by atoms with Gasteiger partial charge in [-0.3, -0.25) is 14.5 Å². The third kappa shape index (κ3) is 4.16. The van der Waals surface area contributed by atoms with Crippen LogP contribution in [0, 0.1) is 0 Å². The van der Waals surface area contributed by atoms with E-state index in [0.29, 0.717) is 30.8 Å². The van der Waals surface area contributed by atoms with Crippen LogP contribution in [0.2, 0.25) is 0 Å². The molecule has 184 valence electrons. The molecule has 2 aliphatic heterocycles. The topological polar surface area (TPSA) is 101 Å². The van der Waals surface area contributed by atoms with Gasteiger partial charge in [0.15, 0.2) is 11.5 Å². The van der Waals surface area contributed by atoms with E-state index in [4.69, 9.17) is 9.47 Å². The summed E-state index contributed by atoms with van der Waals surface area (Å²) < 4.78 is 10.8. The highest BCUT2D eigenvalue weighted by molar-refractivity contribution is 7.12. The van der Waals surface area contributed by atoms with Gasteiger partial charge >= 0.3 is 6.03 Å². The number of thiophene rings is 1. The van der Waals surface area contributed by atoms with E-state index in [9.17, 15) is 14.4 Å². The summed E-state index contributed by atoms with van der Waals surface area (Å²) in [4.78, 5) is 41.5. The fourth-order valence-corrected chi connectivity index (χ4v) is 5.89. The molecule has 10 heteroatoms. The van der Waals surface area contributed by atoms with E-state index in [1.54, 1.807) is 31.6 Å². The van der Waals surface area contributed by atoms with Crippen molar-refractivity contribution in [3.8, 4) is 11.5 Å². The van der Waals surface area contributed by atoms with Gasteiger partial charge in [-0.25, -0.2) is 9.80 Å². The first-order chi connectivity index (χ1) is 17.0. The number of hydrogen-bond acceptors (Lipinski definition) is 7. The third-order valence-corrected chi connectivity index (χ3v) is 7.93. The molecule has 1 N–H and O–H groups in total. The van der Waals surface area contributed by atoms with Crippen molar-refractivity contribution in [3.63, 3.8) is 0 Å². The van der Waals surface area contributed by atoms with Crippen LogP contribution < -0.4 is 14.8 Å². The van der Waals surface area contributed by atoms with Gasteiger partial charge in [0, 0.05) is 6.42 Å². The van der Waals surface area contributed by atoms with Crippen molar-refractivity contribution in [1.29, 1.82) is 0 Å². The smallest absolute Gasteiger partial charge is 0.325 e. The highest BCUT2D eigenvalue weighted by Crippen LogP contribution is 2.39. The zero-order valence-electron chi connectivity index (χ0n) is 19.8. The van der Waals surface area contributed by atoms with Gasteiger partial charge in [0.25, 0.3) is 11.8 Å². The summed E-state index contributed by atoms with van der Waals surface area (Å²) in [7, 11) is 3.13. The molecule has 0 bridgehead atoms. The summed E-state index contributed by atoms with van der Waals surface area (Å²) in [6.45, 7) is -0.350. The second kappa shape index (κ2) is 9.33. The van der Waals surface area contributed by atoms with E-state index in [0.717, 1.165) is 40.3 Å². The highest BCUT2D eigenvalue weighted by atomic mass is 32.1. The Hall–Kier alpha value is -3.40. The minimum Gasteiger partial charge on any atom is -0.493 e. The van der Waals surface area contributed by atoms with E-state index < -0.39 is 23.5 Å². The predicted molar refractivity (Wildman–Crippen MR) is 131 cm³/mol. The number of ether oxygens (including phenoxy) is 2. The third-order valence-electron chi connectivity index (χ3n) is 7.01. The molecule has 2 aromatic rings. The number of carbonyl (C=O) groups is 3. The molecule has 1 saturated carbocycles. The standard InChI is InChI=1S/C25H28N4O5S/c1-33-19-9-8-16(13-20(19)34-2)18-14-17(21-7-6-12-35-21)27-29(18)22(30)15-28-23(31)25(26-24(28)32)10-4-3-5-11-25/h6-9,12-13,18H,3-5,10-11,14-15H2,1-2H3,(H,26,32)/t18-/m0/s1. The summed E-state index contributed by atoms with van der Waals surface area (Å²) in [6, 6.07) is 8.51. The molecule has 1 aromatic carbocycles. The van der Waals surface area contributed by atoms with E-state index in [-0.39, 0.29) is 12.5 Å². The normalized spacial score (nSPS) is 21.3. The molecule has 3 heterocycles. The molecule has 4 amide bonds. The number of hydrazone groups is 1. The summed E-state index contributed by atoms with van der Waals surface area (Å²) in [6.07, 6.45) is 4.55. The molecule has 1 aromatic heterocycles. The number of urea groups is 1. The van der Waals surface area contributed by atoms with Crippen LogP contribution in [0.4, 0.5) is 4.79 Å². The molecule has 1 aliphatic carbocycles. The lowest BCUT2D eigenvalue weighted by Crippen LogP contribution is -2.49. The quantitative estimate of drug-likeness (QED) is 0.615. The van der Waals surface area contributed by atoms with Crippen LogP contribution in [0.1, 0.15) is 55.0 Å². The molecular weight excluding hydrogens is 468 g/mol. The number of amides is 4. The van der Waals surface area contributed by atoms with Crippen LogP contribution in [0.15, 0.2) is 40.8 Å². The predicted octanol–water partition coefficient (Wildman–Crippen LogP) is 3.70. The van der Waals surface area contributed by atoms with Crippen molar-refractivity contribution in [2.45, 2.75) is 50.1 Å². The minimum absolute atomic E-state index is 0.306. The number of imide groups is 1. The van der Waals surface area contributed by atoms with Gasteiger partial charge in [0.05, 0.1) is 30.9 Å². The van der Waals surface area contributed by atoms with Gasteiger partial charge in [0.2, 0.25) is 0 Å². The second-order valence-corrected chi connectivity index (χ2v) is 10.0. The summed E-state index contributed by atoms with van der Waals surface area (Å²) in [5.41, 5.74) is 0.746. The zero-order chi connectivity index (χ0) is 24.6. The van der Waals surface area contributed by atoms with Crippen molar-refractivity contribution in [3.05, 3.63) is 46.2 Å². The first-order valence-corrected chi connectivity index (χ1v) is 12.6. The lowest BCUT2D eigenvalue weighted by atomic mass is 9.82. The summed E-state index contributed by atoms with van der Waals surface area (Å²) in [5, 5.41) is 10.9. The molecule has 35 heavy (non-hydrogen) atoms. The van der Waals surface area contributed by atoms with Crippen LogP contribution in [0.25, 0.3) is 0 Å². The Kier molecular flexibility index (Phi) is 6.22. The SMILES string of the molecule is COc1ccc([C@@H]2CC(c3cccs3)=NN2C(=O)CN2C(=O)NC3(CCCCC3)C2=O)cc1OC. The molecule has 5 rings (SSSR count). The van der Waals surface area contributed by atoms with Crippen LogP contribution in [-0.4, -0.2) is 59.8 Å². The van der Waals surface area contributed by atoms with E-state index in [2.05, 4.69) is 10.4 Å². The lowest BCUT2D eigenvalue weighted by molar-refractivity contribution is -0.140. The Balaban J connectivity index is 1.42. The Morgan fingerprint density at radius 1 is 1.14 bits per heavy atom. The molecule has 0 radical (unpaired) electrons. The van der Waals surface area contributed by atoms with E-state index in [1.807, 2.05) is 29.6 Å². The maximum absolute atomic E-state index is 13.5. The van der Waals surface area contributed by atoms with E-state index >= 15 is 0 Å². The maximum Gasteiger partial charge on any atom is 0.325 e. The highest BCUT2D eigenvalue weighted by Gasteiger charge is 2.52. The Labute approximate surface area is 207 Å². The number of hydrogen-bond donors (Lipinski definition) is 1. The number of nitrogens with one attached hydrogen (secondary N) is 1. The van der Waals surface area contributed by atoms with Crippen LogP contribution >= 0.6 is 11.3 Å². The molecule has 3 aliphatic rings. The van der Waals surface area contributed by atoms with Gasteiger partial charge in [-0.15, -0.1) is 11.3 Å². The largest absolute Gasteiger partial charge is 0.493 e. The molecule has 1 atom stereocenters. The number of nitrogens with zero attached hydrogens (tertiary/aromatic N) is 3. The Bertz CT molecular complexity index is 1170. The molecule has 1 spiro atoms. The molecule has 9 nitrogen and oxygen atoms in total. The lowest BCUT2D eigenvalue weighted by Gasteiger charge is -2.30. The molecule has 0 unspecified atom stereocenters. The van der Waals surface area contributed by atoms with Gasteiger partial charge in [-0.2, -0.15) is 5.10 Å². The first-order valence-electron chi connectivity index (χ1n) is 11.8. The number of carbonyl (C=O) groups excluding carboxylic acids is 3. The van der Waals surface area contributed by atoms with Gasteiger partial charge in [-0.1, -0.05) is 31.4 Å². The Morgan fingerprint density at radius 3 is 2.60 bits per heavy atom. The summed E-state index contributed by atoms with van der Waals surface area (Å²) in [5.74, 6) is 0.423. The molecule has 2 fully saturated rings. The van der Waals surface area contributed by atoms with Crippen LogP contribution in [0.5, 0.6) is 11.5 Å². The maximum atomic E-state index is 13.5. The number of rotatable bonds is 6. The van der Waals surface area contributed by atoms with Crippen LogP contribution in [0.3, 0.4) is 0 Å². The zero-order valence-corrected chi connectivity index (χ0v) is 20.6. The minimum atomic E-state index is -0.866. The van der Waals surface area contributed by atoms with Crippen molar-refractivity contribution < 1.29 is 23.9 Å². The first kappa shape index (κ1) is 23.3. The summed E-state index contributed by atoms with van der Waals surface area (Å²) >= 11 is 1.55. The van der Waals surface area contributed by atoms with Crippen molar-refractivity contribution >= 4 is 34.9 Å². The monoisotopic (exact) mass is 496 g/mol. The van der Waals surface area contributed by atoms with Gasteiger partial charge < -0.3 is 14.8 Å². The van der Waals surface area contributed by atoms with Crippen molar-refractivity contribution in [1.82, 2.24) is 15.2 Å². The number of benzene rings is 1. The van der Waals surface area contributed by atoms with Crippen LogP contribution in [-0.2, 0) is 9.59 Å². The fraction of sp³-hybridized carbons (Fsp3) is 0.440. The van der Waals surface area contributed by atoms with Crippen molar-refractivity contribution in [2.24, 2.45) is 5.10 Å². The molecule has 1 saturated heterocycles. The van der Waals surface area contributed by atoms with Gasteiger partial charge in [-0.05, 0) is 42.0 Å². The molecular formula is C25H28N4O5S. The van der Waals surface area contributed by atoms with Crippen molar-refractivity contribution in [2.75, 3.05) is 20.8 Å². The Morgan fingerprint density at radius 2 is 1.91 bits per heavy atom. The van der Waals surface area contributed by atoms with Gasteiger partial charge in [0.1, 0.15) is 12.1 Å². The average Bonchev–Trinajstić information content (AvgIpc) is 3.61.